The highest BCUT2D eigenvalue weighted by molar-refractivity contribution is 5.89. The fourth-order valence-corrected chi connectivity index (χ4v) is 0.972. The zero-order valence-corrected chi connectivity index (χ0v) is 7.98. The average molecular weight is 192 g/mol. The molecule has 1 aromatic carbocycles. The van der Waals surface area contributed by atoms with Crippen LogP contribution in [0.4, 0.5) is 5.69 Å². The Labute approximate surface area is 81.9 Å². The Hall–Kier alpha value is -1.84. The van der Waals surface area contributed by atoms with Gasteiger partial charge < -0.3 is 9.84 Å². The van der Waals surface area contributed by atoms with Gasteiger partial charge in [0.25, 0.3) is 0 Å². The molecular weight excluding hydrogens is 182 g/mol. The zero-order valence-electron chi connectivity index (χ0n) is 7.98. The van der Waals surface area contributed by atoms with E-state index in [2.05, 4.69) is 9.73 Å². The monoisotopic (exact) mass is 192 g/mol. The second-order valence-electron chi connectivity index (χ2n) is 2.67. The average Bonchev–Trinajstić information content (AvgIpc) is 2.17. The van der Waals surface area contributed by atoms with Crippen molar-refractivity contribution in [3.05, 3.63) is 29.8 Å². The molecule has 0 aliphatic rings. The quantitative estimate of drug-likeness (QED) is 0.397. The lowest BCUT2D eigenvalue weighted by atomic mass is 10.2. The van der Waals surface area contributed by atoms with Crippen LogP contribution in [-0.4, -0.2) is 19.0 Å². The van der Waals surface area contributed by atoms with Crippen LogP contribution in [0.3, 0.4) is 0 Å². The molecule has 1 rings (SSSR count). The lowest BCUT2D eigenvalue weighted by Gasteiger charge is -2.03. The van der Waals surface area contributed by atoms with Crippen LogP contribution >= 0.6 is 0 Å². The molecule has 1 aromatic rings. The predicted molar refractivity (Wildman–Crippen MR) is 50.6 cm³/mol. The summed E-state index contributed by atoms with van der Waals surface area (Å²) in [5.41, 5.74) is 0.972. The Bertz CT molecular complexity index is 350. The van der Waals surface area contributed by atoms with Gasteiger partial charge in [-0.05, 0) is 37.1 Å². The summed E-state index contributed by atoms with van der Waals surface area (Å²) in [7, 11) is 1.32. The molecule has 14 heavy (non-hydrogen) atoms. The lowest BCUT2D eigenvalue weighted by Crippen LogP contribution is -2.10. The molecule has 0 saturated carbocycles. The largest absolute Gasteiger partial charge is 0.862 e. The third kappa shape index (κ3) is 2.58. The van der Waals surface area contributed by atoms with Gasteiger partial charge in [0.1, 0.15) is 0 Å². The number of aliphatic imine (C=N–C) groups is 1. The van der Waals surface area contributed by atoms with E-state index in [4.69, 9.17) is 0 Å². The topological polar surface area (TPSA) is 61.7 Å². The van der Waals surface area contributed by atoms with Crippen LogP contribution in [-0.2, 0) is 4.74 Å². The number of esters is 1. The van der Waals surface area contributed by atoms with E-state index in [1.807, 2.05) is 0 Å². The van der Waals surface area contributed by atoms with Crippen molar-refractivity contribution in [1.29, 1.82) is 0 Å². The first kappa shape index (κ1) is 10.2. The van der Waals surface area contributed by atoms with Crippen LogP contribution in [0.5, 0.6) is 0 Å². The van der Waals surface area contributed by atoms with Gasteiger partial charge in [-0.2, -0.15) is 0 Å². The number of ether oxygens (including phenoxy) is 1. The SMILES string of the molecule is COC(=O)c1ccc(N=C(C)[O-])cc1. The van der Waals surface area contributed by atoms with Crippen molar-refractivity contribution in [2.45, 2.75) is 6.92 Å². The summed E-state index contributed by atoms with van der Waals surface area (Å²) in [6, 6.07) is 6.31. The molecule has 0 heterocycles. The van der Waals surface area contributed by atoms with Crippen molar-refractivity contribution in [1.82, 2.24) is 0 Å². The van der Waals surface area contributed by atoms with E-state index in [1.54, 1.807) is 24.3 Å². The van der Waals surface area contributed by atoms with Crippen LogP contribution in [0.1, 0.15) is 17.3 Å². The minimum absolute atomic E-state index is 0.268. The van der Waals surface area contributed by atoms with E-state index in [9.17, 15) is 9.90 Å². The zero-order chi connectivity index (χ0) is 10.6. The second-order valence-corrected chi connectivity index (χ2v) is 2.67. The van der Waals surface area contributed by atoms with Crippen molar-refractivity contribution < 1.29 is 14.6 Å². The molecule has 0 fully saturated rings. The first-order valence-corrected chi connectivity index (χ1v) is 4.04. The second kappa shape index (κ2) is 4.41. The maximum atomic E-state index is 11.0. The van der Waals surface area contributed by atoms with Gasteiger partial charge in [-0.25, -0.2) is 4.79 Å². The van der Waals surface area contributed by atoms with Crippen molar-refractivity contribution in [2.24, 2.45) is 4.99 Å². The standard InChI is InChI=1S/C10H11NO3/c1-7(12)11-9-5-3-8(4-6-9)10(13)14-2/h3-6H,1-2H3,(H,11,12)/p-1. The highest BCUT2D eigenvalue weighted by Crippen LogP contribution is 2.13. The van der Waals surface area contributed by atoms with E-state index < -0.39 is 5.97 Å². The Morgan fingerprint density at radius 1 is 1.36 bits per heavy atom. The molecule has 0 N–H and O–H groups in total. The number of carbonyl (C=O) groups excluding carboxylic acids is 1. The number of benzene rings is 1. The van der Waals surface area contributed by atoms with Gasteiger partial charge in [-0.3, -0.25) is 4.99 Å². The molecule has 4 nitrogen and oxygen atoms in total. The van der Waals surface area contributed by atoms with Crippen molar-refractivity contribution >= 4 is 17.6 Å². The highest BCUT2D eigenvalue weighted by atomic mass is 16.5. The van der Waals surface area contributed by atoms with Crippen molar-refractivity contribution in [2.75, 3.05) is 7.11 Å². The number of carbonyl (C=O) groups is 1. The van der Waals surface area contributed by atoms with Gasteiger partial charge in [0.2, 0.25) is 0 Å². The molecule has 0 radical (unpaired) electrons. The molecule has 0 atom stereocenters. The third-order valence-electron chi connectivity index (χ3n) is 1.57. The first-order valence-electron chi connectivity index (χ1n) is 4.04. The van der Waals surface area contributed by atoms with Crippen molar-refractivity contribution in [3.8, 4) is 0 Å². The third-order valence-corrected chi connectivity index (χ3v) is 1.57. The summed E-state index contributed by atoms with van der Waals surface area (Å²) in [6.45, 7) is 1.37. The molecule has 0 bridgehead atoms. The fraction of sp³-hybridized carbons (Fsp3) is 0.200. The summed E-state index contributed by atoms with van der Waals surface area (Å²) >= 11 is 0. The Morgan fingerprint density at radius 3 is 2.36 bits per heavy atom. The fourth-order valence-electron chi connectivity index (χ4n) is 0.972. The maximum Gasteiger partial charge on any atom is 0.337 e. The number of methoxy groups -OCH3 is 1. The molecular formula is C10H10NO3-. The minimum atomic E-state index is -0.403. The molecule has 4 heteroatoms. The molecule has 0 aliphatic heterocycles. The van der Waals surface area contributed by atoms with Crippen LogP contribution in [0.25, 0.3) is 0 Å². The summed E-state index contributed by atoms with van der Waals surface area (Å²) < 4.78 is 4.52. The molecule has 0 spiro atoms. The van der Waals surface area contributed by atoms with Gasteiger partial charge in [0.15, 0.2) is 0 Å². The van der Waals surface area contributed by atoms with Gasteiger partial charge in [-0.1, -0.05) is 0 Å². The summed E-state index contributed by atoms with van der Waals surface area (Å²) in [5.74, 6) is -0.671. The van der Waals surface area contributed by atoms with Gasteiger partial charge in [0.05, 0.1) is 18.4 Å². The predicted octanol–water partition coefficient (Wildman–Crippen LogP) is 0.883. The first-order chi connectivity index (χ1) is 6.63. The number of rotatable bonds is 2. The molecule has 0 aliphatic carbocycles. The Morgan fingerprint density at radius 2 is 1.93 bits per heavy atom. The van der Waals surface area contributed by atoms with Crippen LogP contribution in [0.2, 0.25) is 0 Å². The van der Waals surface area contributed by atoms with Crippen LogP contribution < -0.4 is 5.11 Å². The Kier molecular flexibility index (Phi) is 3.23. The van der Waals surface area contributed by atoms with Gasteiger partial charge in [-0.15, -0.1) is 0 Å². The molecule has 0 saturated heterocycles. The van der Waals surface area contributed by atoms with E-state index in [1.165, 1.54) is 14.0 Å². The summed E-state index contributed by atoms with van der Waals surface area (Å²) in [5, 5.41) is 10.6. The number of hydrogen-bond acceptors (Lipinski definition) is 4. The van der Waals surface area contributed by atoms with E-state index in [0.717, 1.165) is 0 Å². The highest BCUT2D eigenvalue weighted by Gasteiger charge is 2.03. The molecule has 0 amide bonds. The summed E-state index contributed by atoms with van der Waals surface area (Å²) in [6.07, 6.45) is 0. The normalized spacial score (nSPS) is 11.1. The maximum absolute atomic E-state index is 11.0. The number of hydrogen-bond donors (Lipinski definition) is 0. The number of nitrogens with zero attached hydrogens (tertiary/aromatic N) is 1. The smallest absolute Gasteiger partial charge is 0.337 e. The molecule has 0 unspecified atom stereocenters. The van der Waals surface area contributed by atoms with Crippen LogP contribution in [0.15, 0.2) is 29.3 Å². The van der Waals surface area contributed by atoms with Gasteiger partial charge >= 0.3 is 5.97 Å². The molecule has 0 aromatic heterocycles. The minimum Gasteiger partial charge on any atom is -0.862 e. The Balaban J connectivity index is 2.89. The van der Waals surface area contributed by atoms with Crippen LogP contribution in [0, 0.1) is 0 Å². The van der Waals surface area contributed by atoms with E-state index in [0.29, 0.717) is 11.3 Å². The lowest BCUT2D eigenvalue weighted by molar-refractivity contribution is -0.215. The van der Waals surface area contributed by atoms with Gasteiger partial charge in [0, 0.05) is 0 Å². The van der Waals surface area contributed by atoms with E-state index in [-0.39, 0.29) is 5.90 Å². The summed E-state index contributed by atoms with van der Waals surface area (Å²) in [4.78, 5) is 14.7. The molecule has 74 valence electrons. The van der Waals surface area contributed by atoms with E-state index >= 15 is 0 Å². The van der Waals surface area contributed by atoms with Crippen molar-refractivity contribution in [3.63, 3.8) is 0 Å².